The molecule has 0 saturated heterocycles. The molecule has 3 nitrogen and oxygen atoms in total. The molecule has 0 fully saturated rings. The molecule has 0 spiro atoms. The molecule has 0 aliphatic heterocycles. The smallest absolute Gasteiger partial charge is 0.261 e. The van der Waals surface area contributed by atoms with E-state index >= 15 is 0 Å². The highest BCUT2D eigenvalue weighted by Gasteiger charge is 2.11. The van der Waals surface area contributed by atoms with E-state index in [0.29, 0.717) is 22.3 Å². The number of rotatable bonds is 6. The Balaban J connectivity index is 1.94. The fourth-order valence-corrected chi connectivity index (χ4v) is 2.68. The molecule has 0 aliphatic rings. The highest BCUT2D eigenvalue weighted by Crippen LogP contribution is 2.25. The van der Waals surface area contributed by atoms with Crippen molar-refractivity contribution in [3.8, 4) is 5.75 Å². The summed E-state index contributed by atoms with van der Waals surface area (Å²) in [5, 5.41) is 5.47. The summed E-state index contributed by atoms with van der Waals surface area (Å²) >= 11 is 7.46. The Morgan fingerprint density at radius 2 is 2.19 bits per heavy atom. The van der Waals surface area contributed by atoms with Crippen LogP contribution < -0.4 is 10.1 Å². The number of benzene rings is 1. The fourth-order valence-electron chi connectivity index (χ4n) is 1.69. The normalized spacial score (nSPS) is 12.0. The van der Waals surface area contributed by atoms with Crippen LogP contribution in [-0.4, -0.2) is 11.9 Å². The Hall–Kier alpha value is -1.52. The maximum atomic E-state index is 12.0. The summed E-state index contributed by atoms with van der Waals surface area (Å²) in [6, 6.07) is 9.39. The maximum absolute atomic E-state index is 12.0. The van der Waals surface area contributed by atoms with Crippen LogP contribution in [0.4, 0.5) is 0 Å². The van der Waals surface area contributed by atoms with E-state index in [2.05, 4.69) is 5.32 Å². The van der Waals surface area contributed by atoms with Crippen LogP contribution in [-0.2, 0) is 6.61 Å². The Bertz CT molecular complexity index is 612. The quantitative estimate of drug-likeness (QED) is 0.849. The van der Waals surface area contributed by atoms with Crippen LogP contribution in [0.15, 0.2) is 35.7 Å². The summed E-state index contributed by atoms with van der Waals surface area (Å²) in [6.45, 7) is 4.44. The summed E-state index contributed by atoms with van der Waals surface area (Å²) < 4.78 is 5.66. The van der Waals surface area contributed by atoms with Gasteiger partial charge in [-0.05, 0) is 36.9 Å². The zero-order valence-electron chi connectivity index (χ0n) is 12.1. The molecule has 21 heavy (non-hydrogen) atoms. The van der Waals surface area contributed by atoms with Gasteiger partial charge in [0.25, 0.3) is 5.91 Å². The minimum absolute atomic E-state index is 0.0293. The Kier molecular flexibility index (Phi) is 5.65. The lowest BCUT2D eigenvalue weighted by molar-refractivity contribution is 0.0943. The number of ether oxygens (including phenoxy) is 1. The predicted octanol–water partition coefficient (Wildman–Crippen LogP) is 4.51. The first kappa shape index (κ1) is 15.9. The number of thiophene rings is 1. The topological polar surface area (TPSA) is 38.3 Å². The second-order valence-electron chi connectivity index (χ2n) is 4.82. The molecule has 1 amide bonds. The average molecular weight is 324 g/mol. The molecule has 2 aromatic rings. The van der Waals surface area contributed by atoms with E-state index in [1.54, 1.807) is 6.07 Å². The van der Waals surface area contributed by atoms with Crippen molar-refractivity contribution in [2.45, 2.75) is 32.9 Å². The van der Waals surface area contributed by atoms with Gasteiger partial charge in [0, 0.05) is 11.6 Å². The van der Waals surface area contributed by atoms with Gasteiger partial charge in [-0.15, -0.1) is 11.3 Å². The molecule has 0 bridgehead atoms. The first-order valence-electron chi connectivity index (χ1n) is 6.85. The standard InChI is InChI=1S/C16H18ClNO2S/c1-3-11(2)18-16(19)15-8-12(10-21-15)9-20-14-7-5-4-6-13(14)17/h4-8,10-11H,3,9H2,1-2H3,(H,18,19). The van der Waals surface area contributed by atoms with Crippen molar-refractivity contribution in [2.75, 3.05) is 0 Å². The molecule has 1 heterocycles. The Morgan fingerprint density at radius 3 is 2.90 bits per heavy atom. The van der Waals surface area contributed by atoms with Crippen LogP contribution in [0, 0.1) is 0 Å². The van der Waals surface area contributed by atoms with E-state index in [1.165, 1.54) is 11.3 Å². The third-order valence-corrected chi connectivity index (χ3v) is 4.39. The Labute approximate surface area is 133 Å². The third kappa shape index (κ3) is 4.48. The van der Waals surface area contributed by atoms with E-state index in [-0.39, 0.29) is 11.9 Å². The lowest BCUT2D eigenvalue weighted by Crippen LogP contribution is -2.31. The van der Waals surface area contributed by atoms with Crippen LogP contribution in [0.1, 0.15) is 35.5 Å². The van der Waals surface area contributed by atoms with Gasteiger partial charge in [-0.1, -0.05) is 30.7 Å². The molecule has 112 valence electrons. The SMILES string of the molecule is CCC(C)NC(=O)c1cc(COc2ccccc2Cl)cs1. The first-order valence-corrected chi connectivity index (χ1v) is 8.11. The molecular formula is C16H18ClNO2S. The van der Waals surface area contributed by atoms with Gasteiger partial charge in [-0.25, -0.2) is 0 Å². The van der Waals surface area contributed by atoms with Gasteiger partial charge < -0.3 is 10.1 Å². The highest BCUT2D eigenvalue weighted by molar-refractivity contribution is 7.12. The zero-order valence-corrected chi connectivity index (χ0v) is 13.6. The molecule has 1 N–H and O–H groups in total. The summed E-state index contributed by atoms with van der Waals surface area (Å²) in [5.74, 6) is 0.620. The van der Waals surface area contributed by atoms with Gasteiger partial charge in [-0.3, -0.25) is 4.79 Å². The van der Waals surface area contributed by atoms with Crippen LogP contribution in [0.5, 0.6) is 5.75 Å². The largest absolute Gasteiger partial charge is 0.487 e. The molecule has 0 saturated carbocycles. The van der Waals surface area contributed by atoms with E-state index in [9.17, 15) is 4.79 Å². The first-order chi connectivity index (χ1) is 10.1. The molecule has 1 atom stereocenters. The van der Waals surface area contributed by atoms with E-state index in [1.807, 2.05) is 43.5 Å². The van der Waals surface area contributed by atoms with Crippen LogP contribution >= 0.6 is 22.9 Å². The number of amides is 1. The monoisotopic (exact) mass is 323 g/mol. The number of hydrogen-bond acceptors (Lipinski definition) is 3. The maximum Gasteiger partial charge on any atom is 0.261 e. The number of nitrogens with one attached hydrogen (secondary N) is 1. The van der Waals surface area contributed by atoms with Crippen molar-refractivity contribution >= 4 is 28.8 Å². The van der Waals surface area contributed by atoms with E-state index in [0.717, 1.165) is 12.0 Å². The van der Waals surface area contributed by atoms with Crippen molar-refractivity contribution in [1.29, 1.82) is 0 Å². The molecule has 1 aromatic heterocycles. The summed E-state index contributed by atoms with van der Waals surface area (Å²) in [7, 11) is 0. The number of carbonyl (C=O) groups excluding carboxylic acids is 1. The van der Waals surface area contributed by atoms with E-state index < -0.39 is 0 Å². The number of carbonyl (C=O) groups is 1. The van der Waals surface area contributed by atoms with Crippen molar-refractivity contribution < 1.29 is 9.53 Å². The van der Waals surface area contributed by atoms with Crippen LogP contribution in [0.25, 0.3) is 0 Å². The van der Waals surface area contributed by atoms with Gasteiger partial charge in [0.2, 0.25) is 0 Å². The summed E-state index contributed by atoms with van der Waals surface area (Å²) in [5.41, 5.74) is 0.967. The van der Waals surface area contributed by atoms with Gasteiger partial charge in [0.05, 0.1) is 9.90 Å². The molecule has 5 heteroatoms. The lowest BCUT2D eigenvalue weighted by Gasteiger charge is -2.09. The second kappa shape index (κ2) is 7.48. The second-order valence-corrected chi connectivity index (χ2v) is 6.14. The van der Waals surface area contributed by atoms with E-state index in [4.69, 9.17) is 16.3 Å². The van der Waals surface area contributed by atoms with Crippen molar-refractivity contribution in [3.63, 3.8) is 0 Å². The number of hydrogen-bond donors (Lipinski definition) is 1. The Morgan fingerprint density at radius 1 is 1.43 bits per heavy atom. The third-order valence-electron chi connectivity index (χ3n) is 3.10. The molecule has 0 aliphatic carbocycles. The van der Waals surface area contributed by atoms with Gasteiger partial charge in [-0.2, -0.15) is 0 Å². The van der Waals surface area contributed by atoms with Crippen molar-refractivity contribution in [2.24, 2.45) is 0 Å². The minimum atomic E-state index is -0.0293. The van der Waals surface area contributed by atoms with Crippen LogP contribution in [0.2, 0.25) is 5.02 Å². The summed E-state index contributed by atoms with van der Waals surface area (Å²) in [4.78, 5) is 12.7. The average Bonchev–Trinajstić information content (AvgIpc) is 2.95. The molecule has 2 rings (SSSR count). The molecule has 0 radical (unpaired) electrons. The van der Waals surface area contributed by atoms with Crippen molar-refractivity contribution in [3.05, 3.63) is 51.2 Å². The highest BCUT2D eigenvalue weighted by atomic mass is 35.5. The van der Waals surface area contributed by atoms with Gasteiger partial charge in [0.15, 0.2) is 0 Å². The molecular weight excluding hydrogens is 306 g/mol. The zero-order chi connectivity index (χ0) is 15.2. The lowest BCUT2D eigenvalue weighted by atomic mass is 10.2. The predicted molar refractivity (Wildman–Crippen MR) is 87.3 cm³/mol. The van der Waals surface area contributed by atoms with Gasteiger partial charge in [0.1, 0.15) is 12.4 Å². The molecule has 1 unspecified atom stereocenters. The minimum Gasteiger partial charge on any atom is -0.487 e. The molecule has 1 aromatic carbocycles. The number of halogens is 1. The van der Waals surface area contributed by atoms with Gasteiger partial charge >= 0.3 is 0 Å². The van der Waals surface area contributed by atoms with Crippen LogP contribution in [0.3, 0.4) is 0 Å². The van der Waals surface area contributed by atoms with Crippen molar-refractivity contribution in [1.82, 2.24) is 5.32 Å². The summed E-state index contributed by atoms with van der Waals surface area (Å²) in [6.07, 6.45) is 0.916. The number of para-hydroxylation sites is 1. The fraction of sp³-hybridized carbons (Fsp3) is 0.312.